The minimum Gasteiger partial charge on any atom is -0.398 e. The Morgan fingerprint density at radius 2 is 2.00 bits per heavy atom. The van der Waals surface area contributed by atoms with E-state index in [0.717, 1.165) is 10.6 Å². The molecule has 0 saturated carbocycles. The zero-order valence-corrected chi connectivity index (χ0v) is 15.2. The summed E-state index contributed by atoms with van der Waals surface area (Å²) < 4.78 is 50.9. The quantitative estimate of drug-likeness (QED) is 0.744. The van der Waals surface area contributed by atoms with Gasteiger partial charge in [0.2, 0.25) is 10.0 Å². The van der Waals surface area contributed by atoms with Crippen molar-refractivity contribution in [2.45, 2.75) is 10.3 Å². The van der Waals surface area contributed by atoms with Crippen LogP contribution in [-0.4, -0.2) is 50.8 Å². The summed E-state index contributed by atoms with van der Waals surface area (Å²) in [5.41, 5.74) is 5.86. The zero-order valence-electron chi connectivity index (χ0n) is 11.2. The van der Waals surface area contributed by atoms with Gasteiger partial charge in [-0.05, 0) is 18.2 Å². The molecule has 0 amide bonds. The van der Waals surface area contributed by atoms with Gasteiger partial charge in [-0.2, -0.15) is 16.1 Å². The Bertz CT molecular complexity index is 749. The van der Waals surface area contributed by atoms with Crippen molar-refractivity contribution in [2.24, 2.45) is 0 Å². The second-order valence-corrected chi connectivity index (χ2v) is 10.8. The first-order valence-electron chi connectivity index (χ1n) is 5.97. The number of rotatable bonds is 3. The van der Waals surface area contributed by atoms with Crippen LogP contribution in [0.4, 0.5) is 5.69 Å². The molecule has 1 aliphatic rings. The summed E-state index contributed by atoms with van der Waals surface area (Å²) in [5, 5.41) is -1.06. The van der Waals surface area contributed by atoms with Crippen LogP contribution in [0, 0.1) is 0 Å². The van der Waals surface area contributed by atoms with Gasteiger partial charge in [-0.1, -0.05) is 15.9 Å². The summed E-state index contributed by atoms with van der Waals surface area (Å²) in [6.45, 7) is 0.149. The van der Waals surface area contributed by atoms with Crippen molar-refractivity contribution < 1.29 is 16.8 Å². The standard InChI is InChI=1S/C11H15BrN2O4S3/c1-20(15,16)11-7-19-5-4-14(11)21(17,18)10-6-8(12)2-3-9(10)13/h2-3,6,11H,4-5,7,13H2,1H3. The van der Waals surface area contributed by atoms with Crippen LogP contribution in [0.1, 0.15) is 0 Å². The smallest absolute Gasteiger partial charge is 0.246 e. The molecule has 0 aromatic heterocycles. The molecule has 21 heavy (non-hydrogen) atoms. The van der Waals surface area contributed by atoms with Crippen LogP contribution in [0.3, 0.4) is 0 Å². The van der Waals surface area contributed by atoms with Crippen molar-refractivity contribution >= 4 is 53.2 Å². The average molecular weight is 415 g/mol. The van der Waals surface area contributed by atoms with E-state index in [4.69, 9.17) is 5.73 Å². The predicted molar refractivity (Wildman–Crippen MR) is 88.4 cm³/mol. The third-order valence-corrected chi connectivity index (χ3v) is 8.33. The highest BCUT2D eigenvalue weighted by Gasteiger charge is 2.40. The van der Waals surface area contributed by atoms with Gasteiger partial charge in [0.1, 0.15) is 10.3 Å². The number of hydrogen-bond donors (Lipinski definition) is 1. The van der Waals surface area contributed by atoms with Gasteiger partial charge in [0.05, 0.1) is 5.69 Å². The van der Waals surface area contributed by atoms with E-state index in [9.17, 15) is 16.8 Å². The first kappa shape index (κ1) is 17.1. The number of benzene rings is 1. The topological polar surface area (TPSA) is 97.5 Å². The lowest BCUT2D eigenvalue weighted by atomic mass is 10.3. The van der Waals surface area contributed by atoms with Crippen LogP contribution in [0.15, 0.2) is 27.6 Å². The minimum atomic E-state index is -3.96. The number of anilines is 1. The van der Waals surface area contributed by atoms with Crippen molar-refractivity contribution in [2.75, 3.05) is 30.0 Å². The summed E-state index contributed by atoms with van der Waals surface area (Å²) in [5.74, 6) is 0.783. The number of sulfonamides is 1. The van der Waals surface area contributed by atoms with Gasteiger partial charge in [-0.15, -0.1) is 0 Å². The Labute approximate surface area is 137 Å². The molecule has 1 fully saturated rings. The van der Waals surface area contributed by atoms with Crippen LogP contribution in [0.5, 0.6) is 0 Å². The summed E-state index contributed by atoms with van der Waals surface area (Å²) in [6.07, 6.45) is 1.05. The fourth-order valence-corrected chi connectivity index (χ4v) is 7.86. The Morgan fingerprint density at radius 3 is 2.62 bits per heavy atom. The highest BCUT2D eigenvalue weighted by atomic mass is 79.9. The van der Waals surface area contributed by atoms with E-state index in [1.807, 2.05) is 0 Å². The van der Waals surface area contributed by atoms with Crippen molar-refractivity contribution in [3.8, 4) is 0 Å². The van der Waals surface area contributed by atoms with Gasteiger partial charge < -0.3 is 5.73 Å². The molecule has 2 rings (SSSR count). The molecule has 1 unspecified atom stereocenters. The van der Waals surface area contributed by atoms with Crippen LogP contribution in [0.2, 0.25) is 0 Å². The summed E-state index contributed by atoms with van der Waals surface area (Å²) in [7, 11) is -7.48. The van der Waals surface area contributed by atoms with Crippen LogP contribution in [-0.2, 0) is 19.9 Å². The average Bonchev–Trinajstić information content (AvgIpc) is 2.40. The maximum absolute atomic E-state index is 12.8. The molecular formula is C11H15BrN2O4S3. The van der Waals surface area contributed by atoms with Crippen LogP contribution < -0.4 is 5.73 Å². The molecule has 1 aliphatic heterocycles. The number of thioether (sulfide) groups is 1. The van der Waals surface area contributed by atoms with Gasteiger partial charge in [-0.3, -0.25) is 0 Å². The van der Waals surface area contributed by atoms with E-state index in [1.54, 1.807) is 6.07 Å². The second kappa shape index (κ2) is 6.07. The highest BCUT2D eigenvalue weighted by Crippen LogP contribution is 2.31. The Kier molecular flexibility index (Phi) is 4.94. The van der Waals surface area contributed by atoms with Gasteiger partial charge in [0.15, 0.2) is 9.84 Å². The lowest BCUT2D eigenvalue weighted by Crippen LogP contribution is -2.49. The first-order valence-corrected chi connectivity index (χ1v) is 11.3. The summed E-state index contributed by atoms with van der Waals surface area (Å²) in [4.78, 5) is -0.0718. The van der Waals surface area contributed by atoms with E-state index in [2.05, 4.69) is 15.9 Å². The molecule has 118 valence electrons. The zero-order chi connectivity index (χ0) is 15.8. The number of nitrogen functional groups attached to an aromatic ring is 1. The largest absolute Gasteiger partial charge is 0.398 e. The number of nitrogens with two attached hydrogens (primary N) is 1. The van der Waals surface area contributed by atoms with E-state index in [1.165, 1.54) is 23.9 Å². The van der Waals surface area contributed by atoms with Crippen LogP contribution >= 0.6 is 27.7 Å². The molecule has 6 nitrogen and oxygen atoms in total. The maximum atomic E-state index is 12.8. The second-order valence-electron chi connectivity index (χ2n) is 4.66. The molecule has 0 spiro atoms. The SMILES string of the molecule is CS(=O)(=O)C1CSCCN1S(=O)(=O)c1cc(Br)ccc1N. The molecule has 0 bridgehead atoms. The fourth-order valence-electron chi connectivity index (χ4n) is 2.04. The van der Waals surface area contributed by atoms with E-state index in [0.29, 0.717) is 10.2 Å². The van der Waals surface area contributed by atoms with E-state index < -0.39 is 25.2 Å². The highest BCUT2D eigenvalue weighted by molar-refractivity contribution is 9.10. The van der Waals surface area contributed by atoms with E-state index >= 15 is 0 Å². The predicted octanol–water partition coefficient (Wildman–Crippen LogP) is 1.14. The fraction of sp³-hybridized carbons (Fsp3) is 0.455. The van der Waals surface area contributed by atoms with Crippen molar-refractivity contribution in [3.05, 3.63) is 22.7 Å². The van der Waals surface area contributed by atoms with Crippen molar-refractivity contribution in [1.29, 1.82) is 0 Å². The van der Waals surface area contributed by atoms with Gasteiger partial charge >= 0.3 is 0 Å². The third kappa shape index (κ3) is 3.55. The Balaban J connectivity index is 2.53. The molecule has 10 heteroatoms. The van der Waals surface area contributed by atoms with Gasteiger partial charge in [0, 0.05) is 28.8 Å². The maximum Gasteiger partial charge on any atom is 0.246 e. The lowest BCUT2D eigenvalue weighted by Gasteiger charge is -2.33. The lowest BCUT2D eigenvalue weighted by molar-refractivity contribution is 0.405. The number of sulfone groups is 1. The van der Waals surface area contributed by atoms with Gasteiger partial charge in [-0.25, -0.2) is 16.8 Å². The van der Waals surface area contributed by atoms with E-state index in [-0.39, 0.29) is 22.9 Å². The van der Waals surface area contributed by atoms with Crippen molar-refractivity contribution in [1.82, 2.24) is 4.31 Å². The molecular weight excluding hydrogens is 400 g/mol. The minimum absolute atomic E-state index is 0.0718. The molecule has 0 radical (unpaired) electrons. The van der Waals surface area contributed by atoms with Crippen LogP contribution in [0.25, 0.3) is 0 Å². The molecule has 1 heterocycles. The number of halogens is 1. The Hall–Kier alpha value is -0.290. The normalized spacial score (nSPS) is 21.3. The third-order valence-electron chi connectivity index (χ3n) is 3.09. The van der Waals surface area contributed by atoms with Gasteiger partial charge in [0.25, 0.3) is 0 Å². The molecule has 2 N–H and O–H groups in total. The Morgan fingerprint density at radius 1 is 1.33 bits per heavy atom. The number of nitrogens with zero attached hydrogens (tertiary/aromatic N) is 1. The molecule has 1 aromatic rings. The number of hydrogen-bond acceptors (Lipinski definition) is 6. The molecule has 1 atom stereocenters. The first-order chi connectivity index (χ1) is 9.64. The molecule has 0 aliphatic carbocycles. The molecule has 1 saturated heterocycles. The molecule has 1 aromatic carbocycles. The van der Waals surface area contributed by atoms with Crippen molar-refractivity contribution in [3.63, 3.8) is 0 Å². The monoisotopic (exact) mass is 414 g/mol. The summed E-state index contributed by atoms with van der Waals surface area (Å²) >= 11 is 4.63. The summed E-state index contributed by atoms with van der Waals surface area (Å²) in [6, 6.07) is 4.51.